The van der Waals surface area contributed by atoms with Gasteiger partial charge in [0.25, 0.3) is 0 Å². The Morgan fingerprint density at radius 3 is 2.25 bits per heavy atom. The van der Waals surface area contributed by atoms with Crippen molar-refractivity contribution >= 4 is 15.9 Å². The van der Waals surface area contributed by atoms with Crippen molar-refractivity contribution in [3.63, 3.8) is 0 Å². The molecule has 20 heavy (non-hydrogen) atoms. The van der Waals surface area contributed by atoms with Crippen molar-refractivity contribution in [3.05, 3.63) is 58.6 Å². The number of methoxy groups -OCH3 is 1. The van der Waals surface area contributed by atoms with Gasteiger partial charge in [0.05, 0.1) is 7.11 Å². The van der Waals surface area contributed by atoms with E-state index in [1.54, 1.807) is 7.11 Å². The fourth-order valence-corrected chi connectivity index (χ4v) is 2.38. The monoisotopic (exact) mass is 335 g/mol. The predicted octanol–water partition coefficient (Wildman–Crippen LogP) is 3.93. The van der Waals surface area contributed by atoms with E-state index in [2.05, 4.69) is 15.9 Å². The summed E-state index contributed by atoms with van der Waals surface area (Å²) in [6, 6.07) is 15.4. The maximum absolute atomic E-state index is 6.06. The first-order valence-electron chi connectivity index (χ1n) is 6.42. The third-order valence-electron chi connectivity index (χ3n) is 2.98. The maximum atomic E-state index is 6.06. The lowest BCUT2D eigenvalue weighted by atomic mass is 10.0. The molecule has 4 heteroatoms. The molecule has 0 radical (unpaired) electrons. The number of halogens is 1. The minimum absolute atomic E-state index is 0.119. The van der Waals surface area contributed by atoms with Crippen molar-refractivity contribution in [1.82, 2.24) is 0 Å². The second kappa shape index (κ2) is 6.77. The molecule has 2 rings (SSSR count). The third kappa shape index (κ3) is 3.74. The predicted molar refractivity (Wildman–Crippen MR) is 84.2 cm³/mol. The molecule has 0 aliphatic heterocycles. The van der Waals surface area contributed by atoms with Crippen LogP contribution >= 0.6 is 15.9 Å². The average molecular weight is 336 g/mol. The molecule has 0 aromatic heterocycles. The molecule has 2 N–H and O–H groups in total. The van der Waals surface area contributed by atoms with Crippen LogP contribution in [0.25, 0.3) is 0 Å². The van der Waals surface area contributed by atoms with Crippen LogP contribution in [0.15, 0.2) is 53.0 Å². The zero-order valence-electron chi connectivity index (χ0n) is 11.5. The normalized spacial score (nSPS) is 13.6. The number of benzene rings is 2. The number of rotatable bonds is 5. The number of hydrogen-bond acceptors (Lipinski definition) is 3. The van der Waals surface area contributed by atoms with Crippen LogP contribution in [0.4, 0.5) is 0 Å². The second-order valence-electron chi connectivity index (χ2n) is 4.63. The van der Waals surface area contributed by atoms with E-state index in [4.69, 9.17) is 15.2 Å². The van der Waals surface area contributed by atoms with Gasteiger partial charge < -0.3 is 15.2 Å². The highest BCUT2D eigenvalue weighted by atomic mass is 79.9. The molecule has 2 aromatic rings. The van der Waals surface area contributed by atoms with E-state index in [0.29, 0.717) is 0 Å². The van der Waals surface area contributed by atoms with Crippen LogP contribution < -0.4 is 15.2 Å². The Bertz CT molecular complexity index is 555. The molecule has 106 valence electrons. The molecule has 0 heterocycles. The van der Waals surface area contributed by atoms with Crippen molar-refractivity contribution < 1.29 is 9.47 Å². The van der Waals surface area contributed by atoms with E-state index in [-0.39, 0.29) is 12.1 Å². The average Bonchev–Trinajstić information content (AvgIpc) is 2.45. The summed E-state index contributed by atoms with van der Waals surface area (Å²) < 4.78 is 12.2. The Hall–Kier alpha value is -1.52. The number of nitrogens with two attached hydrogens (primary N) is 1. The summed E-state index contributed by atoms with van der Waals surface area (Å²) in [4.78, 5) is 0. The fourth-order valence-electron chi connectivity index (χ4n) is 1.96. The van der Waals surface area contributed by atoms with Gasteiger partial charge in [-0.15, -0.1) is 0 Å². The Morgan fingerprint density at radius 1 is 1.05 bits per heavy atom. The SMILES string of the molecule is COc1ccc(OC(c2cccc(Br)c2)C(C)N)cc1. The summed E-state index contributed by atoms with van der Waals surface area (Å²) in [5, 5.41) is 0. The molecule has 0 bridgehead atoms. The molecule has 0 saturated carbocycles. The first kappa shape index (κ1) is 14.9. The van der Waals surface area contributed by atoms with Crippen LogP contribution in [0, 0.1) is 0 Å². The van der Waals surface area contributed by atoms with E-state index in [0.717, 1.165) is 21.5 Å². The van der Waals surface area contributed by atoms with Gasteiger partial charge in [-0.25, -0.2) is 0 Å². The largest absolute Gasteiger partial charge is 0.497 e. The summed E-state index contributed by atoms with van der Waals surface area (Å²) in [6.07, 6.45) is -0.194. The molecule has 2 atom stereocenters. The highest BCUT2D eigenvalue weighted by Crippen LogP contribution is 2.27. The Balaban J connectivity index is 2.21. The minimum atomic E-state index is -0.194. The summed E-state index contributed by atoms with van der Waals surface area (Å²) in [7, 11) is 1.64. The lowest BCUT2D eigenvalue weighted by molar-refractivity contribution is 0.180. The third-order valence-corrected chi connectivity index (χ3v) is 3.47. The summed E-state index contributed by atoms with van der Waals surface area (Å²) in [6.45, 7) is 1.94. The number of ether oxygens (including phenoxy) is 2. The Kier molecular flexibility index (Phi) is 5.04. The van der Waals surface area contributed by atoms with Crippen molar-refractivity contribution in [2.24, 2.45) is 5.73 Å². The van der Waals surface area contributed by atoms with E-state index in [1.165, 1.54) is 0 Å². The van der Waals surface area contributed by atoms with Crippen LogP contribution in [-0.2, 0) is 0 Å². The van der Waals surface area contributed by atoms with Crippen molar-refractivity contribution in [2.45, 2.75) is 19.1 Å². The van der Waals surface area contributed by atoms with E-state index < -0.39 is 0 Å². The zero-order chi connectivity index (χ0) is 14.5. The van der Waals surface area contributed by atoms with Crippen LogP contribution in [0.2, 0.25) is 0 Å². The molecule has 0 fully saturated rings. The summed E-state index contributed by atoms with van der Waals surface area (Å²) in [5.41, 5.74) is 7.10. The molecule has 2 unspecified atom stereocenters. The van der Waals surface area contributed by atoms with E-state index in [9.17, 15) is 0 Å². The van der Waals surface area contributed by atoms with Gasteiger partial charge in [0.1, 0.15) is 17.6 Å². The van der Waals surface area contributed by atoms with Crippen LogP contribution in [0.1, 0.15) is 18.6 Å². The van der Waals surface area contributed by atoms with Gasteiger partial charge in [0, 0.05) is 10.5 Å². The molecular weight excluding hydrogens is 318 g/mol. The summed E-state index contributed by atoms with van der Waals surface area (Å²) >= 11 is 3.47. The molecule has 0 amide bonds. The maximum Gasteiger partial charge on any atom is 0.138 e. The van der Waals surface area contributed by atoms with Gasteiger partial charge in [-0.05, 0) is 48.9 Å². The Morgan fingerprint density at radius 2 is 1.70 bits per heavy atom. The highest BCUT2D eigenvalue weighted by molar-refractivity contribution is 9.10. The quantitative estimate of drug-likeness (QED) is 0.900. The number of hydrogen-bond donors (Lipinski definition) is 1. The molecule has 2 aromatic carbocycles. The van der Waals surface area contributed by atoms with Gasteiger partial charge in [-0.3, -0.25) is 0 Å². The van der Waals surface area contributed by atoms with Gasteiger partial charge in [0.2, 0.25) is 0 Å². The lowest BCUT2D eigenvalue weighted by Crippen LogP contribution is -2.29. The van der Waals surface area contributed by atoms with Gasteiger partial charge in [-0.1, -0.05) is 28.1 Å². The smallest absolute Gasteiger partial charge is 0.138 e. The molecular formula is C16H18BrNO2. The van der Waals surface area contributed by atoms with Crippen LogP contribution in [-0.4, -0.2) is 13.2 Å². The van der Waals surface area contributed by atoms with Crippen molar-refractivity contribution in [3.8, 4) is 11.5 Å². The first-order chi connectivity index (χ1) is 9.60. The Labute approximate surface area is 127 Å². The lowest BCUT2D eigenvalue weighted by Gasteiger charge is -2.23. The zero-order valence-corrected chi connectivity index (χ0v) is 13.1. The van der Waals surface area contributed by atoms with Gasteiger partial charge >= 0.3 is 0 Å². The summed E-state index contributed by atoms with van der Waals surface area (Å²) in [5.74, 6) is 1.57. The molecule has 0 saturated heterocycles. The first-order valence-corrected chi connectivity index (χ1v) is 7.21. The minimum Gasteiger partial charge on any atom is -0.497 e. The van der Waals surface area contributed by atoms with E-state index >= 15 is 0 Å². The van der Waals surface area contributed by atoms with Crippen molar-refractivity contribution in [2.75, 3.05) is 7.11 Å². The van der Waals surface area contributed by atoms with Crippen LogP contribution in [0.3, 0.4) is 0 Å². The fraction of sp³-hybridized carbons (Fsp3) is 0.250. The van der Waals surface area contributed by atoms with Crippen molar-refractivity contribution in [1.29, 1.82) is 0 Å². The standard InChI is InChI=1S/C16H18BrNO2/c1-11(18)16(12-4-3-5-13(17)10-12)20-15-8-6-14(19-2)7-9-15/h3-11,16H,18H2,1-2H3. The molecule has 0 aliphatic carbocycles. The topological polar surface area (TPSA) is 44.5 Å². The van der Waals surface area contributed by atoms with Gasteiger partial charge in [-0.2, -0.15) is 0 Å². The highest BCUT2D eigenvalue weighted by Gasteiger charge is 2.18. The second-order valence-corrected chi connectivity index (χ2v) is 5.54. The van der Waals surface area contributed by atoms with Crippen LogP contribution in [0.5, 0.6) is 11.5 Å². The van der Waals surface area contributed by atoms with E-state index in [1.807, 2.05) is 55.5 Å². The molecule has 0 aliphatic rings. The molecule has 3 nitrogen and oxygen atoms in total. The molecule has 0 spiro atoms. The van der Waals surface area contributed by atoms with Gasteiger partial charge in [0.15, 0.2) is 0 Å².